The van der Waals surface area contributed by atoms with Crippen molar-refractivity contribution in [3.8, 4) is 0 Å². The average Bonchev–Trinajstić information content (AvgIpc) is 2.91. The molecule has 0 aliphatic carbocycles. The molecule has 1 saturated heterocycles. The number of hydrogen-bond acceptors (Lipinski definition) is 4. The van der Waals surface area contributed by atoms with Gasteiger partial charge in [-0.25, -0.2) is 13.4 Å². The summed E-state index contributed by atoms with van der Waals surface area (Å²) in [4.78, 5) is 6.24. The van der Waals surface area contributed by atoms with Crippen molar-refractivity contribution in [2.24, 2.45) is 0 Å². The maximum absolute atomic E-state index is 12.6. The van der Waals surface area contributed by atoms with E-state index in [2.05, 4.69) is 23.7 Å². The van der Waals surface area contributed by atoms with Crippen molar-refractivity contribution < 1.29 is 8.42 Å². The molecule has 1 fully saturated rings. The van der Waals surface area contributed by atoms with Gasteiger partial charge in [0.1, 0.15) is 10.0 Å². The first kappa shape index (κ1) is 15.7. The second kappa shape index (κ2) is 6.39. The molecule has 1 aromatic heterocycles. The minimum Gasteiger partial charge on any atom is -0.300 e. The zero-order chi connectivity index (χ0) is 14.8. The topological polar surface area (TPSA) is 53.5 Å². The minimum absolute atomic E-state index is 0.0405. The van der Waals surface area contributed by atoms with Crippen LogP contribution in [0.25, 0.3) is 0 Å². The number of hydrogen-bond donors (Lipinski definition) is 0. The van der Waals surface area contributed by atoms with E-state index in [1.807, 2.05) is 0 Å². The molecule has 0 aromatic carbocycles. The second-order valence-corrected chi connectivity index (χ2v) is 7.08. The molecule has 1 aromatic rings. The highest BCUT2D eigenvalue weighted by Gasteiger charge is 2.35. The first-order chi connectivity index (χ1) is 9.50. The lowest BCUT2D eigenvalue weighted by Gasteiger charge is -2.26. The fourth-order valence-electron chi connectivity index (χ4n) is 2.67. The number of nitrogens with zero attached hydrogens (tertiary/aromatic N) is 3. The van der Waals surface area contributed by atoms with E-state index in [1.54, 1.807) is 6.07 Å². The number of likely N-dealkylation sites (N-methyl/N-ethyl adjacent to an activating group) is 1. The zero-order valence-electron chi connectivity index (χ0n) is 11.8. The lowest BCUT2D eigenvalue weighted by molar-refractivity contribution is 0.224. The summed E-state index contributed by atoms with van der Waals surface area (Å²) in [6.45, 7) is 7.12. The van der Waals surface area contributed by atoms with Crippen molar-refractivity contribution in [2.75, 3.05) is 26.2 Å². The van der Waals surface area contributed by atoms with E-state index in [-0.39, 0.29) is 16.1 Å². The van der Waals surface area contributed by atoms with Gasteiger partial charge in [-0.3, -0.25) is 4.90 Å². The van der Waals surface area contributed by atoms with Gasteiger partial charge < -0.3 is 0 Å². The summed E-state index contributed by atoms with van der Waals surface area (Å²) >= 11 is 5.91. The van der Waals surface area contributed by atoms with E-state index in [1.165, 1.54) is 16.6 Å². The fraction of sp³-hybridized carbons (Fsp3) is 0.615. The Balaban J connectivity index is 2.19. The maximum atomic E-state index is 12.6. The molecule has 20 heavy (non-hydrogen) atoms. The predicted octanol–water partition coefficient (Wildman–Crippen LogP) is 1.84. The van der Waals surface area contributed by atoms with Gasteiger partial charge in [-0.15, -0.1) is 0 Å². The summed E-state index contributed by atoms with van der Waals surface area (Å²) in [6, 6.07) is 3.39. The summed E-state index contributed by atoms with van der Waals surface area (Å²) in [5.74, 6) is 0. The van der Waals surface area contributed by atoms with E-state index < -0.39 is 10.0 Å². The molecule has 7 heteroatoms. The number of pyridine rings is 1. The molecular weight excluding hydrogens is 298 g/mol. The van der Waals surface area contributed by atoms with E-state index in [0.29, 0.717) is 13.1 Å². The Labute approximate surface area is 125 Å². The molecular formula is C13H20ClN3O2S. The Bertz CT molecular complexity index is 560. The van der Waals surface area contributed by atoms with Crippen molar-refractivity contribution in [3.63, 3.8) is 0 Å². The number of sulfonamides is 1. The quantitative estimate of drug-likeness (QED) is 0.778. The van der Waals surface area contributed by atoms with Crippen LogP contribution in [0.1, 0.15) is 20.3 Å². The van der Waals surface area contributed by atoms with Crippen LogP contribution in [0.15, 0.2) is 23.2 Å². The van der Waals surface area contributed by atoms with E-state index in [4.69, 9.17) is 11.6 Å². The van der Waals surface area contributed by atoms with Crippen LogP contribution in [-0.4, -0.2) is 54.8 Å². The molecule has 1 atom stereocenters. The Kier molecular flexibility index (Phi) is 5.01. The smallest absolute Gasteiger partial charge is 0.246 e. The summed E-state index contributed by atoms with van der Waals surface area (Å²) in [5, 5.41) is 0.0405. The van der Waals surface area contributed by atoms with Gasteiger partial charge in [0.2, 0.25) is 10.0 Å². The highest BCUT2D eigenvalue weighted by atomic mass is 35.5. The van der Waals surface area contributed by atoms with Crippen molar-refractivity contribution in [2.45, 2.75) is 31.2 Å². The molecule has 1 aliphatic heterocycles. The average molecular weight is 318 g/mol. The Hall–Kier alpha value is -0.690. The second-order valence-electron chi connectivity index (χ2n) is 4.82. The van der Waals surface area contributed by atoms with Crippen LogP contribution in [0.4, 0.5) is 0 Å². The zero-order valence-corrected chi connectivity index (χ0v) is 13.4. The van der Waals surface area contributed by atoms with Crippen LogP contribution in [-0.2, 0) is 10.0 Å². The predicted molar refractivity (Wildman–Crippen MR) is 79.3 cm³/mol. The lowest BCUT2D eigenvalue weighted by Crippen LogP contribution is -2.38. The Morgan fingerprint density at radius 2 is 2.15 bits per heavy atom. The molecule has 0 radical (unpaired) electrons. The molecule has 0 bridgehead atoms. The van der Waals surface area contributed by atoms with Crippen LogP contribution in [0, 0.1) is 0 Å². The third-order valence-corrected chi connectivity index (χ3v) is 6.11. The first-order valence-electron chi connectivity index (χ1n) is 6.85. The molecule has 0 N–H and O–H groups in total. The maximum Gasteiger partial charge on any atom is 0.246 e. The van der Waals surface area contributed by atoms with Gasteiger partial charge in [0.25, 0.3) is 0 Å². The van der Waals surface area contributed by atoms with E-state index in [9.17, 15) is 8.42 Å². The number of halogens is 1. The van der Waals surface area contributed by atoms with Gasteiger partial charge in [0.15, 0.2) is 0 Å². The molecule has 1 unspecified atom stereocenters. The van der Waals surface area contributed by atoms with Crippen LogP contribution in [0.2, 0.25) is 5.15 Å². The Morgan fingerprint density at radius 3 is 2.75 bits per heavy atom. The monoisotopic (exact) mass is 317 g/mol. The molecule has 0 saturated carbocycles. The molecule has 0 amide bonds. The molecule has 112 valence electrons. The molecule has 2 rings (SSSR count). The molecule has 5 nitrogen and oxygen atoms in total. The fourth-order valence-corrected chi connectivity index (χ4v) is 4.59. The first-order valence-corrected chi connectivity index (χ1v) is 8.67. The number of rotatable bonds is 5. The third-order valence-electron chi connectivity index (χ3n) is 3.80. The summed E-state index contributed by atoms with van der Waals surface area (Å²) < 4.78 is 26.7. The molecule has 2 heterocycles. The standard InChI is InChI=1S/C13H20ClN3O2S/c1-3-16(4-2)11-7-9-17(10-11)20(18,19)12-6-5-8-15-13(12)14/h5-6,8,11H,3-4,7,9-10H2,1-2H3. The lowest BCUT2D eigenvalue weighted by atomic mass is 10.2. The van der Waals surface area contributed by atoms with Crippen molar-refractivity contribution >= 4 is 21.6 Å². The van der Waals surface area contributed by atoms with Gasteiger partial charge in [-0.05, 0) is 31.6 Å². The summed E-state index contributed by atoms with van der Waals surface area (Å²) in [7, 11) is -3.54. The van der Waals surface area contributed by atoms with Gasteiger partial charge in [-0.2, -0.15) is 4.31 Å². The largest absolute Gasteiger partial charge is 0.300 e. The summed E-state index contributed by atoms with van der Waals surface area (Å²) in [6.07, 6.45) is 2.35. The van der Waals surface area contributed by atoms with Gasteiger partial charge >= 0.3 is 0 Å². The van der Waals surface area contributed by atoms with Crippen LogP contribution >= 0.6 is 11.6 Å². The van der Waals surface area contributed by atoms with E-state index >= 15 is 0 Å². The van der Waals surface area contributed by atoms with Crippen LogP contribution in [0.5, 0.6) is 0 Å². The highest BCUT2D eigenvalue weighted by Crippen LogP contribution is 2.26. The van der Waals surface area contributed by atoms with Gasteiger partial charge in [0.05, 0.1) is 0 Å². The van der Waals surface area contributed by atoms with E-state index in [0.717, 1.165) is 19.5 Å². The van der Waals surface area contributed by atoms with Gasteiger partial charge in [-0.1, -0.05) is 25.4 Å². The van der Waals surface area contributed by atoms with Crippen LogP contribution in [0.3, 0.4) is 0 Å². The Morgan fingerprint density at radius 1 is 1.45 bits per heavy atom. The highest BCUT2D eigenvalue weighted by molar-refractivity contribution is 7.89. The summed E-state index contributed by atoms with van der Waals surface area (Å²) in [5.41, 5.74) is 0. The SMILES string of the molecule is CCN(CC)C1CCN(S(=O)(=O)c2cccnc2Cl)C1. The van der Waals surface area contributed by atoms with Crippen molar-refractivity contribution in [1.82, 2.24) is 14.2 Å². The normalized spacial score (nSPS) is 20.7. The number of aromatic nitrogens is 1. The molecule has 1 aliphatic rings. The van der Waals surface area contributed by atoms with Crippen LogP contribution < -0.4 is 0 Å². The van der Waals surface area contributed by atoms with Crippen molar-refractivity contribution in [3.05, 3.63) is 23.5 Å². The van der Waals surface area contributed by atoms with Crippen molar-refractivity contribution in [1.29, 1.82) is 0 Å². The third kappa shape index (κ3) is 2.98. The minimum atomic E-state index is -3.54. The molecule has 0 spiro atoms. The van der Waals surface area contributed by atoms with Gasteiger partial charge in [0, 0.05) is 25.3 Å².